The van der Waals surface area contributed by atoms with Crippen molar-refractivity contribution in [2.24, 2.45) is 0 Å². The van der Waals surface area contributed by atoms with Gasteiger partial charge in [0.25, 0.3) is 5.91 Å². The van der Waals surface area contributed by atoms with Crippen molar-refractivity contribution in [2.75, 3.05) is 49.0 Å². The van der Waals surface area contributed by atoms with Crippen LogP contribution in [0.3, 0.4) is 0 Å². The van der Waals surface area contributed by atoms with Crippen LogP contribution in [-0.2, 0) is 26.6 Å². The van der Waals surface area contributed by atoms with Crippen molar-refractivity contribution in [1.82, 2.24) is 10.3 Å². The van der Waals surface area contributed by atoms with Gasteiger partial charge in [-0.25, -0.2) is 13.2 Å². The maximum Gasteiger partial charge on any atom is 0.323 e. The fourth-order valence-corrected chi connectivity index (χ4v) is 7.57. The first-order valence-corrected chi connectivity index (χ1v) is 21.5. The lowest BCUT2D eigenvalue weighted by Gasteiger charge is -2.40. The molecule has 62 heavy (non-hydrogen) atoms. The van der Waals surface area contributed by atoms with E-state index in [-0.39, 0.29) is 40.4 Å². The molecule has 4 aromatic carbocycles. The van der Waals surface area contributed by atoms with Crippen LogP contribution in [0.5, 0.6) is 23.0 Å². The van der Waals surface area contributed by atoms with Gasteiger partial charge in [-0.05, 0) is 59.0 Å². The zero-order valence-electron chi connectivity index (χ0n) is 35.0. The molecule has 2 heterocycles. The van der Waals surface area contributed by atoms with Crippen LogP contribution in [-0.4, -0.2) is 110 Å². The number of anilines is 3. The van der Waals surface area contributed by atoms with E-state index in [1.807, 2.05) is 45.0 Å². The first-order valence-electron chi connectivity index (χ1n) is 19.6. The lowest BCUT2D eigenvalue weighted by atomic mass is 9.86. The Hall–Kier alpha value is -6.02. The molecule has 1 aliphatic heterocycles. The summed E-state index contributed by atoms with van der Waals surface area (Å²) in [7, 11) is -0.847. The van der Waals surface area contributed by atoms with Gasteiger partial charge in [-0.1, -0.05) is 51.1 Å². The number of sulfonamides is 1. The predicted molar refractivity (Wildman–Crippen MR) is 233 cm³/mol. The molecule has 0 bridgehead atoms. The van der Waals surface area contributed by atoms with Gasteiger partial charge in [0, 0.05) is 41.7 Å². The van der Waals surface area contributed by atoms with E-state index in [0.29, 0.717) is 40.1 Å². The van der Waals surface area contributed by atoms with Crippen molar-refractivity contribution in [3.05, 3.63) is 107 Å². The molecule has 0 saturated carbocycles. The molecule has 5 atom stereocenters. The molecule has 1 fully saturated rings. The van der Waals surface area contributed by atoms with Gasteiger partial charge >= 0.3 is 6.03 Å². The SMILES string of the molecule is COc1cc(Cc2cc(Oc3ccc(NC(=O)Nc4cc(C(C)(C)C)cc(NS(C)(=O)=O)c4OC)c4ccccc34)ccn2)ccc1C(=O)NC[C@@H]1O[C@H](CO)[C@@H](O)[C@H](O)[C@H]1O. The number of ether oxygens (including phenoxy) is 4. The molecule has 3 amide bonds. The number of aromatic nitrogens is 1. The van der Waals surface area contributed by atoms with E-state index in [0.717, 1.165) is 17.4 Å². The summed E-state index contributed by atoms with van der Waals surface area (Å²) in [6.07, 6.45) is -3.71. The van der Waals surface area contributed by atoms with E-state index in [1.165, 1.54) is 14.2 Å². The second-order valence-corrected chi connectivity index (χ2v) is 17.6. The number of pyridine rings is 1. The number of hydrogen-bond acceptors (Lipinski definition) is 13. The normalized spacial score (nSPS) is 19.0. The number of hydrogen-bond donors (Lipinski definition) is 8. The highest BCUT2D eigenvalue weighted by atomic mass is 32.2. The number of amides is 3. The van der Waals surface area contributed by atoms with Crippen molar-refractivity contribution in [1.29, 1.82) is 0 Å². The minimum atomic E-state index is -3.66. The van der Waals surface area contributed by atoms with E-state index in [9.17, 15) is 38.4 Å². The highest BCUT2D eigenvalue weighted by Gasteiger charge is 2.43. The smallest absolute Gasteiger partial charge is 0.323 e. The molecular formula is C44H51N5O12S. The Kier molecular flexibility index (Phi) is 13.9. The number of rotatable bonds is 14. The maximum absolute atomic E-state index is 13.5. The van der Waals surface area contributed by atoms with Crippen molar-refractivity contribution in [3.63, 3.8) is 0 Å². The predicted octanol–water partition coefficient (Wildman–Crippen LogP) is 4.52. The first-order chi connectivity index (χ1) is 29.4. The second-order valence-electron chi connectivity index (χ2n) is 15.8. The average molecular weight is 874 g/mol. The molecular weight excluding hydrogens is 823 g/mol. The third-order valence-electron chi connectivity index (χ3n) is 10.2. The van der Waals surface area contributed by atoms with E-state index < -0.39 is 59.1 Å². The van der Waals surface area contributed by atoms with Crippen molar-refractivity contribution >= 4 is 49.8 Å². The van der Waals surface area contributed by atoms with Gasteiger partial charge in [-0.2, -0.15) is 0 Å². The number of urea groups is 1. The largest absolute Gasteiger partial charge is 0.496 e. The quantitative estimate of drug-likeness (QED) is 0.0766. The summed E-state index contributed by atoms with van der Waals surface area (Å²) in [6.45, 7) is 5.12. The highest BCUT2D eigenvalue weighted by Crippen LogP contribution is 2.40. The zero-order valence-corrected chi connectivity index (χ0v) is 35.8. The van der Waals surface area contributed by atoms with Crippen LogP contribution in [0.4, 0.5) is 21.9 Å². The zero-order chi connectivity index (χ0) is 44.9. The van der Waals surface area contributed by atoms with Gasteiger partial charge in [0.05, 0.1) is 49.7 Å². The fourth-order valence-electron chi connectivity index (χ4n) is 7.02. The van der Waals surface area contributed by atoms with Gasteiger partial charge in [-0.15, -0.1) is 0 Å². The summed E-state index contributed by atoms with van der Waals surface area (Å²) in [5.74, 6) is 0.911. The van der Waals surface area contributed by atoms with Gasteiger partial charge in [0.1, 0.15) is 47.8 Å². The monoisotopic (exact) mass is 873 g/mol. The summed E-state index contributed by atoms with van der Waals surface area (Å²) < 4.78 is 49.8. The van der Waals surface area contributed by atoms with E-state index in [1.54, 1.807) is 60.8 Å². The second kappa shape index (κ2) is 18.9. The Balaban J connectivity index is 1.15. The molecule has 18 heteroatoms. The minimum Gasteiger partial charge on any atom is -0.496 e. The highest BCUT2D eigenvalue weighted by molar-refractivity contribution is 7.92. The molecule has 8 N–H and O–H groups in total. The Morgan fingerprint density at radius 2 is 1.50 bits per heavy atom. The van der Waals surface area contributed by atoms with Crippen LogP contribution in [0.15, 0.2) is 85.1 Å². The van der Waals surface area contributed by atoms with Crippen molar-refractivity contribution in [3.8, 4) is 23.0 Å². The number of aliphatic hydroxyl groups is 4. The third-order valence-corrected chi connectivity index (χ3v) is 10.8. The minimum absolute atomic E-state index is 0.149. The van der Waals surface area contributed by atoms with Crippen LogP contribution in [0.2, 0.25) is 0 Å². The molecule has 330 valence electrons. The number of fused-ring (bicyclic) bond motifs is 1. The van der Waals surface area contributed by atoms with Gasteiger partial charge in [0.15, 0.2) is 5.75 Å². The van der Waals surface area contributed by atoms with Crippen LogP contribution in [0.1, 0.15) is 48.0 Å². The molecule has 0 radical (unpaired) electrons. The summed E-state index contributed by atoms with van der Waals surface area (Å²) in [5.41, 5.74) is 2.97. The number of benzene rings is 4. The number of nitrogens with one attached hydrogen (secondary N) is 4. The lowest BCUT2D eigenvalue weighted by molar-refractivity contribution is -0.227. The molecule has 6 rings (SSSR count). The number of carbonyl (C=O) groups excluding carboxylic acids is 2. The van der Waals surface area contributed by atoms with Crippen LogP contribution in [0.25, 0.3) is 10.8 Å². The van der Waals surface area contributed by atoms with Crippen molar-refractivity contribution < 1.29 is 57.4 Å². The molecule has 17 nitrogen and oxygen atoms in total. The summed E-state index contributed by atoms with van der Waals surface area (Å²) in [5, 5.41) is 49.7. The van der Waals surface area contributed by atoms with Gasteiger partial charge in [-0.3, -0.25) is 14.5 Å². The molecule has 0 unspecified atom stereocenters. The van der Waals surface area contributed by atoms with Crippen LogP contribution < -0.4 is 34.9 Å². The topological polar surface area (TPSA) is 247 Å². The molecule has 0 aliphatic carbocycles. The Labute approximate surface area is 359 Å². The van der Waals surface area contributed by atoms with Crippen LogP contribution >= 0.6 is 0 Å². The molecule has 5 aromatic rings. The first kappa shape index (κ1) is 45.5. The molecule has 1 saturated heterocycles. The average Bonchev–Trinajstić information content (AvgIpc) is 3.22. The van der Waals surface area contributed by atoms with Gasteiger partial charge in [0.2, 0.25) is 10.0 Å². The van der Waals surface area contributed by atoms with E-state index in [4.69, 9.17) is 18.9 Å². The summed E-state index contributed by atoms with van der Waals surface area (Å²) >= 11 is 0. The van der Waals surface area contributed by atoms with Crippen molar-refractivity contribution in [2.45, 2.75) is 63.1 Å². The Bertz CT molecular complexity index is 2550. The fraction of sp³-hybridized carbons (Fsp3) is 0.341. The summed E-state index contributed by atoms with van der Waals surface area (Å²) in [6, 6.07) is 22.2. The third kappa shape index (κ3) is 10.7. The summed E-state index contributed by atoms with van der Waals surface area (Å²) in [4.78, 5) is 31.2. The maximum atomic E-state index is 13.5. The molecule has 1 aromatic heterocycles. The van der Waals surface area contributed by atoms with E-state index >= 15 is 0 Å². The standard InChI is InChI=1S/C44H51N5O12S/c1-44(2,3)25-19-32(41(59-5)33(20-25)49-62(6,56)57)48-43(55)47-31-13-14-34(29-10-8-7-9-28(29)31)60-27-15-16-45-26(21-27)17-24-11-12-30(35(18-24)58-4)42(54)46-22-36-38(51)40(53)39(52)37(23-50)61-36/h7-16,18-21,36-40,49-53H,17,22-23H2,1-6H3,(H,46,54)(H2,47,48,55)/t36-,37+,38-,39+,40+/m0/s1. The Morgan fingerprint density at radius 3 is 2.18 bits per heavy atom. The number of carbonyl (C=O) groups is 2. The molecule has 0 spiro atoms. The number of nitrogens with zero attached hydrogens (tertiary/aromatic N) is 1. The number of methoxy groups -OCH3 is 2. The van der Waals surface area contributed by atoms with E-state index in [2.05, 4.69) is 25.7 Å². The Morgan fingerprint density at radius 1 is 0.806 bits per heavy atom. The number of aliphatic hydroxyl groups excluding tert-OH is 4. The molecule has 1 aliphatic rings. The van der Waals surface area contributed by atoms with Gasteiger partial charge < -0.3 is 55.3 Å². The lowest BCUT2D eigenvalue weighted by Crippen LogP contribution is -2.60. The van der Waals surface area contributed by atoms with Crippen LogP contribution in [0, 0.1) is 0 Å².